The van der Waals surface area contributed by atoms with E-state index < -0.39 is 5.92 Å². The van der Waals surface area contributed by atoms with Crippen molar-refractivity contribution in [3.63, 3.8) is 0 Å². The Morgan fingerprint density at radius 1 is 1.40 bits per heavy atom. The van der Waals surface area contributed by atoms with Gasteiger partial charge < -0.3 is 0 Å². The summed E-state index contributed by atoms with van der Waals surface area (Å²) in [4.78, 5) is 11.8. The molecule has 1 atom stereocenters. The van der Waals surface area contributed by atoms with Crippen LogP contribution >= 0.6 is 15.9 Å². The summed E-state index contributed by atoms with van der Waals surface area (Å²) in [5, 5.41) is 9.01. The summed E-state index contributed by atoms with van der Waals surface area (Å²) in [7, 11) is 0. The molecule has 2 rings (SSSR count). The molecule has 1 fully saturated rings. The normalized spacial score (nSPS) is 16.8. The molecule has 1 aromatic rings. The first-order valence-corrected chi connectivity index (χ1v) is 5.70. The Morgan fingerprint density at radius 2 is 2.00 bits per heavy atom. The van der Waals surface area contributed by atoms with E-state index in [1.165, 1.54) is 0 Å². The summed E-state index contributed by atoms with van der Waals surface area (Å²) < 4.78 is 0.960. The van der Waals surface area contributed by atoms with Crippen LogP contribution in [0.5, 0.6) is 0 Å². The maximum Gasteiger partial charge on any atom is 0.157 e. The van der Waals surface area contributed by atoms with Crippen molar-refractivity contribution in [2.24, 2.45) is 5.92 Å². The van der Waals surface area contributed by atoms with Gasteiger partial charge in [0, 0.05) is 10.4 Å². The smallest absolute Gasteiger partial charge is 0.157 e. The zero-order valence-electron chi connectivity index (χ0n) is 8.11. The molecule has 0 aromatic heterocycles. The molecule has 15 heavy (non-hydrogen) atoms. The fourth-order valence-electron chi connectivity index (χ4n) is 1.56. The number of carbonyl (C=O) groups excluding carboxylic acids is 1. The van der Waals surface area contributed by atoms with E-state index in [-0.39, 0.29) is 11.7 Å². The predicted octanol–water partition coefficient (Wildman–Crippen LogP) is 3.04. The number of Topliss-reactive ketones (excluding diaryl/α,β-unsaturated/α-hetero) is 1. The molecule has 0 unspecified atom stereocenters. The highest BCUT2D eigenvalue weighted by Crippen LogP contribution is 2.35. The van der Waals surface area contributed by atoms with Crippen LogP contribution in [0.1, 0.15) is 24.3 Å². The molecular formula is C12H10BrNO. The molecule has 0 radical (unpaired) electrons. The van der Waals surface area contributed by atoms with Crippen molar-refractivity contribution in [1.29, 1.82) is 5.26 Å². The zero-order chi connectivity index (χ0) is 10.8. The number of rotatable bonds is 3. The Bertz CT molecular complexity index is 414. The summed E-state index contributed by atoms with van der Waals surface area (Å²) >= 11 is 3.33. The van der Waals surface area contributed by atoms with Gasteiger partial charge in [0.2, 0.25) is 0 Å². The van der Waals surface area contributed by atoms with E-state index in [2.05, 4.69) is 22.0 Å². The highest BCUT2D eigenvalue weighted by Gasteiger charge is 2.35. The van der Waals surface area contributed by atoms with Gasteiger partial charge in [-0.3, -0.25) is 4.79 Å². The SMILES string of the molecule is N#C[C@@H](C(=O)C1CC1)c1ccc(Br)cc1. The lowest BCUT2D eigenvalue weighted by atomic mass is 9.94. The van der Waals surface area contributed by atoms with Gasteiger partial charge in [-0.05, 0) is 30.5 Å². The van der Waals surface area contributed by atoms with Crippen LogP contribution < -0.4 is 0 Å². The van der Waals surface area contributed by atoms with Crippen LogP contribution in [-0.2, 0) is 4.79 Å². The largest absolute Gasteiger partial charge is 0.298 e. The Labute approximate surface area is 97.0 Å². The van der Waals surface area contributed by atoms with Gasteiger partial charge in [-0.2, -0.15) is 5.26 Å². The summed E-state index contributed by atoms with van der Waals surface area (Å²) in [6.45, 7) is 0. The molecular weight excluding hydrogens is 254 g/mol. The number of nitriles is 1. The van der Waals surface area contributed by atoms with Crippen molar-refractivity contribution in [1.82, 2.24) is 0 Å². The number of halogens is 1. The second kappa shape index (κ2) is 4.16. The lowest BCUT2D eigenvalue weighted by Gasteiger charge is -2.07. The van der Waals surface area contributed by atoms with Crippen LogP contribution in [-0.4, -0.2) is 5.78 Å². The van der Waals surface area contributed by atoms with Crippen LogP contribution in [0.15, 0.2) is 28.7 Å². The monoisotopic (exact) mass is 263 g/mol. The first-order valence-electron chi connectivity index (χ1n) is 4.91. The minimum atomic E-state index is -0.578. The molecule has 0 amide bonds. The Balaban J connectivity index is 2.23. The van der Waals surface area contributed by atoms with Gasteiger partial charge >= 0.3 is 0 Å². The lowest BCUT2D eigenvalue weighted by molar-refractivity contribution is -0.120. The average Bonchev–Trinajstić information content (AvgIpc) is 3.05. The Morgan fingerprint density at radius 3 is 2.47 bits per heavy atom. The number of carbonyl (C=O) groups is 1. The third-order valence-electron chi connectivity index (χ3n) is 2.60. The maximum atomic E-state index is 11.8. The molecule has 76 valence electrons. The highest BCUT2D eigenvalue weighted by molar-refractivity contribution is 9.10. The Kier molecular flexibility index (Phi) is 2.88. The van der Waals surface area contributed by atoms with Crippen LogP contribution in [0.2, 0.25) is 0 Å². The summed E-state index contributed by atoms with van der Waals surface area (Å²) in [5.74, 6) is -0.358. The van der Waals surface area contributed by atoms with Gasteiger partial charge in [-0.25, -0.2) is 0 Å². The number of hydrogen-bond acceptors (Lipinski definition) is 2. The third kappa shape index (κ3) is 2.27. The van der Waals surface area contributed by atoms with Gasteiger partial charge in [0.15, 0.2) is 5.78 Å². The Hall–Kier alpha value is -1.14. The van der Waals surface area contributed by atoms with Crippen molar-refractivity contribution < 1.29 is 4.79 Å². The molecule has 1 aliphatic carbocycles. The van der Waals surface area contributed by atoms with Crippen molar-refractivity contribution in [3.8, 4) is 6.07 Å². The standard InChI is InChI=1S/C12H10BrNO/c13-10-5-3-8(4-6-10)11(7-14)12(15)9-1-2-9/h3-6,9,11H,1-2H2/t11-/m1/s1. The average molecular weight is 264 g/mol. The van der Waals surface area contributed by atoms with E-state index in [0.717, 1.165) is 22.9 Å². The van der Waals surface area contributed by atoms with Crippen molar-refractivity contribution in [2.45, 2.75) is 18.8 Å². The molecule has 0 N–H and O–H groups in total. The minimum Gasteiger partial charge on any atom is -0.298 e. The zero-order valence-corrected chi connectivity index (χ0v) is 9.70. The van der Waals surface area contributed by atoms with Crippen LogP contribution in [0.3, 0.4) is 0 Å². The molecule has 0 bridgehead atoms. The molecule has 1 saturated carbocycles. The molecule has 2 nitrogen and oxygen atoms in total. The quantitative estimate of drug-likeness (QED) is 0.841. The van der Waals surface area contributed by atoms with E-state index in [9.17, 15) is 4.79 Å². The maximum absolute atomic E-state index is 11.8. The number of hydrogen-bond donors (Lipinski definition) is 0. The summed E-state index contributed by atoms with van der Waals surface area (Å²) in [6, 6.07) is 9.48. The van der Waals surface area contributed by atoms with Crippen LogP contribution in [0, 0.1) is 17.2 Å². The first kappa shape index (κ1) is 10.4. The molecule has 3 heteroatoms. The topological polar surface area (TPSA) is 40.9 Å². The van der Waals surface area contributed by atoms with Gasteiger partial charge in [-0.15, -0.1) is 0 Å². The van der Waals surface area contributed by atoms with Gasteiger partial charge in [-0.1, -0.05) is 28.1 Å². The van der Waals surface area contributed by atoms with Crippen LogP contribution in [0.25, 0.3) is 0 Å². The molecule has 1 aromatic carbocycles. The fourth-order valence-corrected chi connectivity index (χ4v) is 1.83. The van der Waals surface area contributed by atoms with Crippen molar-refractivity contribution >= 4 is 21.7 Å². The molecule has 0 spiro atoms. The fraction of sp³-hybridized carbons (Fsp3) is 0.333. The van der Waals surface area contributed by atoms with E-state index in [4.69, 9.17) is 5.26 Å². The first-order chi connectivity index (χ1) is 7.22. The predicted molar refractivity (Wildman–Crippen MR) is 60.2 cm³/mol. The van der Waals surface area contributed by atoms with Crippen molar-refractivity contribution in [2.75, 3.05) is 0 Å². The lowest BCUT2D eigenvalue weighted by Crippen LogP contribution is -2.12. The molecule has 0 saturated heterocycles. The summed E-state index contributed by atoms with van der Waals surface area (Å²) in [6.07, 6.45) is 1.90. The highest BCUT2D eigenvalue weighted by atomic mass is 79.9. The van der Waals surface area contributed by atoms with E-state index in [0.29, 0.717) is 0 Å². The number of benzene rings is 1. The number of ketones is 1. The molecule has 1 aliphatic rings. The number of nitrogens with zero attached hydrogens (tertiary/aromatic N) is 1. The van der Waals surface area contributed by atoms with E-state index in [1.54, 1.807) is 0 Å². The third-order valence-corrected chi connectivity index (χ3v) is 3.13. The van der Waals surface area contributed by atoms with Gasteiger partial charge in [0.25, 0.3) is 0 Å². The molecule has 0 aliphatic heterocycles. The van der Waals surface area contributed by atoms with Gasteiger partial charge in [0.05, 0.1) is 6.07 Å². The minimum absolute atomic E-state index is 0.0832. The summed E-state index contributed by atoms with van der Waals surface area (Å²) in [5.41, 5.74) is 0.803. The van der Waals surface area contributed by atoms with Gasteiger partial charge in [0.1, 0.15) is 5.92 Å². The van der Waals surface area contributed by atoms with E-state index >= 15 is 0 Å². The van der Waals surface area contributed by atoms with E-state index in [1.807, 2.05) is 24.3 Å². The second-order valence-corrected chi connectivity index (χ2v) is 4.71. The second-order valence-electron chi connectivity index (χ2n) is 3.79. The van der Waals surface area contributed by atoms with Crippen molar-refractivity contribution in [3.05, 3.63) is 34.3 Å². The molecule has 0 heterocycles. The van der Waals surface area contributed by atoms with Crippen LogP contribution in [0.4, 0.5) is 0 Å².